The first-order valence-electron chi connectivity index (χ1n) is 6.74. The Morgan fingerprint density at radius 3 is 2.86 bits per heavy atom. The number of rotatable bonds is 5. The molecule has 21 heavy (non-hydrogen) atoms. The molecule has 0 N–H and O–H groups in total. The lowest BCUT2D eigenvalue weighted by atomic mass is 9.99. The SMILES string of the molecule is C=C(C)C(=O)OCC(=O)OC(C)C1OC(=O)C2CCOC21. The molecule has 2 fully saturated rings. The van der Waals surface area contributed by atoms with Crippen LogP contribution in [0.25, 0.3) is 0 Å². The maximum atomic E-state index is 11.6. The normalized spacial score (nSPS) is 28.5. The van der Waals surface area contributed by atoms with Gasteiger partial charge in [0.2, 0.25) is 0 Å². The fourth-order valence-electron chi connectivity index (χ4n) is 2.39. The Kier molecular flexibility index (Phi) is 4.62. The van der Waals surface area contributed by atoms with Crippen molar-refractivity contribution < 1.29 is 33.3 Å². The number of fused-ring (bicyclic) bond motifs is 1. The van der Waals surface area contributed by atoms with Crippen LogP contribution in [0.2, 0.25) is 0 Å². The van der Waals surface area contributed by atoms with Crippen LogP contribution in [0.5, 0.6) is 0 Å². The van der Waals surface area contributed by atoms with Crippen LogP contribution in [-0.2, 0) is 33.3 Å². The van der Waals surface area contributed by atoms with Crippen molar-refractivity contribution in [3.63, 3.8) is 0 Å². The summed E-state index contributed by atoms with van der Waals surface area (Å²) in [5.74, 6) is -1.97. The molecule has 7 heteroatoms. The van der Waals surface area contributed by atoms with Crippen molar-refractivity contribution in [1.82, 2.24) is 0 Å². The lowest BCUT2D eigenvalue weighted by Gasteiger charge is -2.22. The predicted molar refractivity (Wildman–Crippen MR) is 69.1 cm³/mol. The minimum absolute atomic E-state index is 0.197. The number of cyclic esters (lactones) is 1. The number of hydrogen-bond donors (Lipinski definition) is 0. The lowest BCUT2D eigenvalue weighted by molar-refractivity contribution is -0.170. The molecule has 0 spiro atoms. The fraction of sp³-hybridized carbons (Fsp3) is 0.643. The van der Waals surface area contributed by atoms with Crippen molar-refractivity contribution in [3.8, 4) is 0 Å². The molecule has 116 valence electrons. The van der Waals surface area contributed by atoms with E-state index in [2.05, 4.69) is 11.3 Å². The molecular formula is C14H18O7. The summed E-state index contributed by atoms with van der Waals surface area (Å²) in [6.07, 6.45) is -1.04. The maximum Gasteiger partial charge on any atom is 0.344 e. The summed E-state index contributed by atoms with van der Waals surface area (Å²) in [6, 6.07) is 0. The molecule has 2 aliphatic heterocycles. The molecule has 0 saturated carbocycles. The quantitative estimate of drug-likeness (QED) is 0.411. The molecule has 2 aliphatic rings. The molecule has 2 rings (SSSR count). The summed E-state index contributed by atoms with van der Waals surface area (Å²) in [5, 5.41) is 0. The lowest BCUT2D eigenvalue weighted by Crippen LogP contribution is -2.38. The van der Waals surface area contributed by atoms with Crippen molar-refractivity contribution in [2.24, 2.45) is 5.92 Å². The Morgan fingerprint density at radius 1 is 1.48 bits per heavy atom. The van der Waals surface area contributed by atoms with Crippen LogP contribution in [0.15, 0.2) is 12.2 Å². The average molecular weight is 298 g/mol. The molecule has 0 bridgehead atoms. The molecule has 0 radical (unpaired) electrons. The third-order valence-corrected chi connectivity index (χ3v) is 3.46. The van der Waals surface area contributed by atoms with Crippen LogP contribution >= 0.6 is 0 Å². The summed E-state index contributed by atoms with van der Waals surface area (Å²) in [6.45, 7) is 6.48. The summed E-state index contributed by atoms with van der Waals surface area (Å²) < 4.78 is 20.5. The van der Waals surface area contributed by atoms with E-state index in [1.807, 2.05) is 0 Å². The number of carbonyl (C=O) groups excluding carboxylic acids is 3. The van der Waals surface area contributed by atoms with Crippen molar-refractivity contribution in [2.75, 3.05) is 13.2 Å². The Hall–Kier alpha value is -1.89. The molecule has 0 amide bonds. The van der Waals surface area contributed by atoms with Gasteiger partial charge in [0.15, 0.2) is 12.7 Å². The highest BCUT2D eigenvalue weighted by Crippen LogP contribution is 2.34. The third-order valence-electron chi connectivity index (χ3n) is 3.46. The van der Waals surface area contributed by atoms with Gasteiger partial charge in [-0.15, -0.1) is 0 Å². The number of carbonyl (C=O) groups is 3. The Bertz CT molecular complexity index is 470. The molecule has 4 atom stereocenters. The van der Waals surface area contributed by atoms with Gasteiger partial charge >= 0.3 is 17.9 Å². The zero-order chi connectivity index (χ0) is 15.6. The van der Waals surface area contributed by atoms with E-state index in [9.17, 15) is 14.4 Å². The second-order valence-corrected chi connectivity index (χ2v) is 5.18. The zero-order valence-electron chi connectivity index (χ0n) is 12.0. The Balaban J connectivity index is 1.82. The molecule has 2 saturated heterocycles. The van der Waals surface area contributed by atoms with Crippen LogP contribution in [-0.4, -0.2) is 49.4 Å². The van der Waals surface area contributed by atoms with Crippen molar-refractivity contribution in [2.45, 2.75) is 38.6 Å². The first-order valence-corrected chi connectivity index (χ1v) is 6.74. The van der Waals surface area contributed by atoms with E-state index < -0.39 is 30.8 Å². The highest BCUT2D eigenvalue weighted by atomic mass is 16.6. The smallest absolute Gasteiger partial charge is 0.344 e. The first kappa shape index (κ1) is 15.5. The van der Waals surface area contributed by atoms with Gasteiger partial charge in [-0.2, -0.15) is 0 Å². The molecular weight excluding hydrogens is 280 g/mol. The second-order valence-electron chi connectivity index (χ2n) is 5.18. The van der Waals surface area contributed by atoms with Crippen LogP contribution in [0.3, 0.4) is 0 Å². The van der Waals surface area contributed by atoms with Gasteiger partial charge in [-0.3, -0.25) is 4.79 Å². The summed E-state index contributed by atoms with van der Waals surface area (Å²) >= 11 is 0. The van der Waals surface area contributed by atoms with E-state index in [4.69, 9.17) is 14.2 Å². The summed E-state index contributed by atoms with van der Waals surface area (Å²) in [4.78, 5) is 34.4. The average Bonchev–Trinajstić information content (AvgIpc) is 3.00. The second kappa shape index (κ2) is 6.26. The van der Waals surface area contributed by atoms with E-state index in [0.717, 1.165) is 0 Å². The topological polar surface area (TPSA) is 88.1 Å². The molecule has 2 heterocycles. The van der Waals surface area contributed by atoms with Crippen LogP contribution in [0, 0.1) is 5.92 Å². The standard InChI is InChI=1S/C14H18O7/c1-7(2)13(16)19-6-10(15)20-8(3)11-12-9(4-5-18-12)14(17)21-11/h8-9,11-12H,1,4-6H2,2-3H3. The van der Waals surface area contributed by atoms with Gasteiger partial charge in [0.05, 0.1) is 5.92 Å². The molecule has 0 aromatic rings. The third kappa shape index (κ3) is 3.41. The predicted octanol–water partition coefficient (Wildman–Crippen LogP) is 0.368. The van der Waals surface area contributed by atoms with Gasteiger partial charge in [0.1, 0.15) is 12.2 Å². The maximum absolute atomic E-state index is 11.6. The number of hydrogen-bond acceptors (Lipinski definition) is 7. The van der Waals surface area contributed by atoms with E-state index in [0.29, 0.717) is 13.0 Å². The Labute approximate surface area is 122 Å². The highest BCUT2D eigenvalue weighted by molar-refractivity contribution is 5.88. The highest BCUT2D eigenvalue weighted by Gasteiger charge is 2.51. The van der Waals surface area contributed by atoms with Crippen molar-refractivity contribution in [1.29, 1.82) is 0 Å². The molecule has 7 nitrogen and oxygen atoms in total. The van der Waals surface area contributed by atoms with Gasteiger partial charge in [0, 0.05) is 12.2 Å². The van der Waals surface area contributed by atoms with Gasteiger partial charge in [-0.1, -0.05) is 6.58 Å². The summed E-state index contributed by atoms with van der Waals surface area (Å²) in [7, 11) is 0. The van der Waals surface area contributed by atoms with Crippen LogP contribution in [0.1, 0.15) is 20.3 Å². The van der Waals surface area contributed by atoms with Gasteiger partial charge in [-0.25, -0.2) is 9.59 Å². The fourth-order valence-corrected chi connectivity index (χ4v) is 2.39. The van der Waals surface area contributed by atoms with Gasteiger partial charge in [0.25, 0.3) is 0 Å². The van der Waals surface area contributed by atoms with Crippen molar-refractivity contribution in [3.05, 3.63) is 12.2 Å². The van der Waals surface area contributed by atoms with Crippen molar-refractivity contribution >= 4 is 17.9 Å². The molecule has 0 aliphatic carbocycles. The number of esters is 3. The largest absolute Gasteiger partial charge is 0.456 e. The molecule has 4 unspecified atom stereocenters. The first-order chi connectivity index (χ1) is 9.90. The minimum atomic E-state index is -0.713. The zero-order valence-corrected chi connectivity index (χ0v) is 12.0. The minimum Gasteiger partial charge on any atom is -0.456 e. The summed E-state index contributed by atoms with van der Waals surface area (Å²) in [5.41, 5.74) is 0.197. The molecule has 0 aromatic heterocycles. The number of ether oxygens (including phenoxy) is 4. The van der Waals surface area contributed by atoms with Gasteiger partial charge in [-0.05, 0) is 20.3 Å². The van der Waals surface area contributed by atoms with E-state index in [1.54, 1.807) is 6.92 Å². The van der Waals surface area contributed by atoms with E-state index >= 15 is 0 Å². The van der Waals surface area contributed by atoms with Gasteiger partial charge < -0.3 is 18.9 Å². The molecule has 0 aromatic carbocycles. The van der Waals surface area contributed by atoms with Crippen LogP contribution in [0.4, 0.5) is 0 Å². The Morgan fingerprint density at radius 2 is 2.19 bits per heavy atom. The van der Waals surface area contributed by atoms with Crippen LogP contribution < -0.4 is 0 Å². The monoisotopic (exact) mass is 298 g/mol. The van der Waals surface area contributed by atoms with E-state index in [-0.39, 0.29) is 23.6 Å². The van der Waals surface area contributed by atoms with E-state index in [1.165, 1.54) is 6.92 Å².